The molecule has 0 aromatic carbocycles. The quantitative estimate of drug-likeness (QED) is 0.462. The van der Waals surface area contributed by atoms with Crippen molar-refractivity contribution in [3.8, 4) is 0 Å². The van der Waals surface area contributed by atoms with Crippen molar-refractivity contribution in [2.75, 3.05) is 20.1 Å². The molecule has 8 heavy (non-hydrogen) atoms. The molecule has 0 amide bonds. The normalized spacial score (nSPS) is 39.9. The second kappa shape index (κ2) is 1.65. The third-order valence-electron chi connectivity index (χ3n) is 1.18. The van der Waals surface area contributed by atoms with Crippen LogP contribution in [0, 0.1) is 0 Å². The Balaban J connectivity index is 2.54. The molecule has 0 aliphatic carbocycles. The SMILES string of the molecule is [2H][C@H]1CC(F)(F)CN1C. The molecule has 0 unspecified atom stereocenters. The largest absolute Gasteiger partial charge is 0.300 e. The zero-order valence-corrected chi connectivity index (χ0v) is 4.69. The van der Waals surface area contributed by atoms with Gasteiger partial charge in [0.2, 0.25) is 0 Å². The van der Waals surface area contributed by atoms with Gasteiger partial charge in [-0.3, -0.25) is 0 Å². The Morgan fingerprint density at radius 3 is 2.50 bits per heavy atom. The minimum Gasteiger partial charge on any atom is -0.300 e. The van der Waals surface area contributed by atoms with Crippen molar-refractivity contribution >= 4 is 0 Å². The van der Waals surface area contributed by atoms with E-state index in [2.05, 4.69) is 0 Å². The van der Waals surface area contributed by atoms with E-state index in [1.807, 2.05) is 0 Å². The van der Waals surface area contributed by atoms with Crippen molar-refractivity contribution in [3.63, 3.8) is 0 Å². The van der Waals surface area contributed by atoms with Crippen molar-refractivity contribution in [2.45, 2.75) is 12.3 Å². The van der Waals surface area contributed by atoms with Crippen LogP contribution in [0.15, 0.2) is 0 Å². The van der Waals surface area contributed by atoms with Crippen molar-refractivity contribution in [1.82, 2.24) is 4.90 Å². The van der Waals surface area contributed by atoms with E-state index in [1.165, 1.54) is 4.90 Å². The van der Waals surface area contributed by atoms with Crippen molar-refractivity contribution in [1.29, 1.82) is 0 Å². The van der Waals surface area contributed by atoms with Gasteiger partial charge >= 0.3 is 0 Å². The zero-order valence-electron chi connectivity index (χ0n) is 5.69. The molecule has 1 aliphatic heterocycles. The summed E-state index contributed by atoms with van der Waals surface area (Å²) in [5.41, 5.74) is 0. The van der Waals surface area contributed by atoms with E-state index in [1.54, 1.807) is 7.05 Å². The highest BCUT2D eigenvalue weighted by atomic mass is 19.3. The molecule has 48 valence electrons. The Hall–Kier alpha value is -0.180. The number of rotatable bonds is 0. The molecule has 1 aliphatic rings. The van der Waals surface area contributed by atoms with Crippen LogP contribution in [-0.2, 0) is 0 Å². The maximum Gasteiger partial charge on any atom is 0.261 e. The van der Waals surface area contributed by atoms with E-state index >= 15 is 0 Å². The van der Waals surface area contributed by atoms with Gasteiger partial charge < -0.3 is 4.90 Å². The predicted molar refractivity (Wildman–Crippen MR) is 27.1 cm³/mol. The van der Waals surface area contributed by atoms with E-state index in [0.29, 0.717) is 0 Å². The van der Waals surface area contributed by atoms with E-state index in [0.717, 1.165) is 0 Å². The molecule has 0 radical (unpaired) electrons. The van der Waals surface area contributed by atoms with E-state index in [4.69, 9.17) is 1.37 Å². The van der Waals surface area contributed by atoms with Crippen molar-refractivity contribution in [2.24, 2.45) is 0 Å². The first kappa shape index (κ1) is 4.68. The number of likely N-dealkylation sites (tertiary alicyclic amines) is 1. The summed E-state index contributed by atoms with van der Waals surface area (Å²) >= 11 is 0. The fourth-order valence-electron chi connectivity index (χ4n) is 0.783. The van der Waals surface area contributed by atoms with E-state index < -0.39 is 12.4 Å². The van der Waals surface area contributed by atoms with Gasteiger partial charge in [-0.15, -0.1) is 0 Å². The van der Waals surface area contributed by atoms with Gasteiger partial charge in [0, 0.05) is 14.3 Å². The molecule has 0 aromatic rings. The summed E-state index contributed by atoms with van der Waals surface area (Å²) in [5, 5.41) is 0. The fraction of sp³-hybridized carbons (Fsp3) is 1.00. The average Bonchev–Trinajstić information content (AvgIpc) is 1.79. The topological polar surface area (TPSA) is 3.24 Å². The molecule has 0 N–H and O–H groups in total. The Morgan fingerprint density at radius 1 is 1.75 bits per heavy atom. The summed E-state index contributed by atoms with van der Waals surface area (Å²) in [7, 11) is 1.54. The maximum atomic E-state index is 12.3. The number of alkyl halides is 2. The minimum absolute atomic E-state index is 0.263. The van der Waals surface area contributed by atoms with Gasteiger partial charge in [0.25, 0.3) is 5.92 Å². The standard InChI is InChI=1S/C5H9F2N/c1-8-3-2-5(6,7)4-8/h2-4H2,1H3/i3D/t3-/m0/s1. The number of nitrogens with zero attached hydrogens (tertiary/aromatic N) is 1. The van der Waals surface area contributed by atoms with E-state index in [-0.39, 0.29) is 13.0 Å². The van der Waals surface area contributed by atoms with Crippen molar-refractivity contribution in [3.05, 3.63) is 0 Å². The Morgan fingerprint density at radius 2 is 2.38 bits per heavy atom. The van der Waals surface area contributed by atoms with Gasteiger partial charge in [0.1, 0.15) is 0 Å². The van der Waals surface area contributed by atoms with Crippen LogP contribution in [0.2, 0.25) is 0 Å². The second-order valence-corrected chi connectivity index (χ2v) is 2.16. The highest BCUT2D eigenvalue weighted by molar-refractivity contribution is 4.78. The first-order chi connectivity index (χ1) is 4.01. The Labute approximate surface area is 48.7 Å². The average molecular weight is 122 g/mol. The van der Waals surface area contributed by atoms with Gasteiger partial charge in [-0.1, -0.05) is 0 Å². The highest BCUT2D eigenvalue weighted by Gasteiger charge is 2.35. The monoisotopic (exact) mass is 122 g/mol. The van der Waals surface area contributed by atoms with Gasteiger partial charge in [0.15, 0.2) is 0 Å². The Kier molecular flexibility index (Phi) is 0.966. The molecule has 1 heterocycles. The van der Waals surface area contributed by atoms with Gasteiger partial charge in [-0.05, 0) is 7.05 Å². The van der Waals surface area contributed by atoms with E-state index in [9.17, 15) is 8.78 Å². The summed E-state index contributed by atoms with van der Waals surface area (Å²) in [6.45, 7) is -0.971. The van der Waals surface area contributed by atoms with Crippen LogP contribution in [0.4, 0.5) is 8.78 Å². The highest BCUT2D eigenvalue weighted by Crippen LogP contribution is 2.24. The molecule has 1 atom stereocenters. The number of hydrogen-bond donors (Lipinski definition) is 0. The summed E-state index contributed by atoms with van der Waals surface area (Å²) in [4.78, 5) is 1.35. The van der Waals surface area contributed by atoms with Crippen LogP contribution >= 0.6 is 0 Å². The summed E-state index contributed by atoms with van der Waals surface area (Å²) < 4.78 is 31.6. The second-order valence-electron chi connectivity index (χ2n) is 2.16. The first-order valence-corrected chi connectivity index (χ1v) is 2.51. The lowest BCUT2D eigenvalue weighted by molar-refractivity contribution is 0.0146. The molecule has 1 nitrogen and oxygen atoms in total. The fourth-order valence-corrected chi connectivity index (χ4v) is 0.783. The van der Waals surface area contributed by atoms with Gasteiger partial charge in [-0.2, -0.15) is 0 Å². The van der Waals surface area contributed by atoms with Crippen LogP contribution in [0.3, 0.4) is 0 Å². The molecule has 0 bridgehead atoms. The summed E-state index contributed by atoms with van der Waals surface area (Å²) in [6, 6.07) is 0. The molecule has 1 fully saturated rings. The molecule has 1 saturated heterocycles. The Bertz CT molecular complexity index is 106. The first-order valence-electron chi connectivity index (χ1n) is 3.09. The molecular formula is C5H9F2N. The molecule has 0 saturated carbocycles. The molecule has 0 aromatic heterocycles. The molecule has 0 spiro atoms. The minimum atomic E-state index is -2.62. The summed E-state index contributed by atoms with van der Waals surface area (Å²) in [5.74, 6) is -2.62. The lowest BCUT2D eigenvalue weighted by Crippen LogP contribution is -2.21. The molecule has 1 rings (SSSR count). The maximum absolute atomic E-state index is 12.3. The van der Waals surface area contributed by atoms with Crippen LogP contribution in [-0.4, -0.2) is 30.9 Å². The molecule has 3 heteroatoms. The van der Waals surface area contributed by atoms with Crippen LogP contribution in [0.5, 0.6) is 0 Å². The predicted octanol–water partition coefficient (Wildman–Crippen LogP) is 0.957. The zero-order chi connectivity index (χ0) is 7.07. The van der Waals surface area contributed by atoms with Crippen LogP contribution in [0.25, 0.3) is 0 Å². The number of hydrogen-bond acceptors (Lipinski definition) is 1. The third-order valence-corrected chi connectivity index (χ3v) is 1.18. The van der Waals surface area contributed by atoms with Gasteiger partial charge in [-0.25, -0.2) is 8.78 Å². The lowest BCUT2D eigenvalue weighted by Gasteiger charge is -2.06. The smallest absolute Gasteiger partial charge is 0.261 e. The molecular weight excluding hydrogens is 112 g/mol. The number of halogens is 2. The lowest BCUT2D eigenvalue weighted by atomic mass is 10.3. The van der Waals surface area contributed by atoms with Gasteiger partial charge in [0.05, 0.1) is 6.54 Å². The van der Waals surface area contributed by atoms with Crippen molar-refractivity contribution < 1.29 is 10.2 Å². The summed E-state index contributed by atoms with van der Waals surface area (Å²) in [6.07, 6.45) is -0.316. The van der Waals surface area contributed by atoms with Crippen LogP contribution in [0.1, 0.15) is 7.79 Å². The van der Waals surface area contributed by atoms with Crippen LogP contribution < -0.4 is 0 Å². The third kappa shape index (κ3) is 1.15.